The number of nitrogens with two attached hydrogens (primary N) is 1. The minimum atomic E-state index is 0. The second-order valence-electron chi connectivity index (χ2n) is 4.79. The Balaban J connectivity index is 0.00000289. The van der Waals surface area contributed by atoms with Gasteiger partial charge in [0.15, 0.2) is 5.96 Å². The molecule has 0 heterocycles. The van der Waals surface area contributed by atoms with Crippen LogP contribution in [0, 0.1) is 12.8 Å². The van der Waals surface area contributed by atoms with Crippen molar-refractivity contribution >= 4 is 35.6 Å². The standard InChI is InChI=1S/C14H23N3.HI/c1-11(2)5-4-10-16-14(15)17-13-8-6-12(3)7-9-13;/h6-9,11H,4-5,10H2,1-3H3,(H3,15,16,17);1H. The zero-order valence-electron chi connectivity index (χ0n) is 11.4. The number of hydrogen-bond donors (Lipinski definition) is 2. The van der Waals surface area contributed by atoms with Crippen molar-refractivity contribution in [2.75, 3.05) is 11.9 Å². The van der Waals surface area contributed by atoms with E-state index in [4.69, 9.17) is 5.73 Å². The van der Waals surface area contributed by atoms with Gasteiger partial charge in [0.25, 0.3) is 0 Å². The maximum absolute atomic E-state index is 5.80. The van der Waals surface area contributed by atoms with Gasteiger partial charge in [0.2, 0.25) is 0 Å². The summed E-state index contributed by atoms with van der Waals surface area (Å²) in [4.78, 5) is 4.30. The summed E-state index contributed by atoms with van der Waals surface area (Å²) < 4.78 is 0. The molecule has 3 N–H and O–H groups in total. The van der Waals surface area contributed by atoms with Crippen molar-refractivity contribution in [3.05, 3.63) is 29.8 Å². The van der Waals surface area contributed by atoms with Crippen molar-refractivity contribution < 1.29 is 0 Å². The molecule has 0 aliphatic heterocycles. The lowest BCUT2D eigenvalue weighted by atomic mass is 10.1. The van der Waals surface area contributed by atoms with Crippen molar-refractivity contribution in [2.24, 2.45) is 16.6 Å². The van der Waals surface area contributed by atoms with E-state index in [1.807, 2.05) is 24.3 Å². The van der Waals surface area contributed by atoms with E-state index in [9.17, 15) is 0 Å². The first-order chi connectivity index (χ1) is 8.08. The summed E-state index contributed by atoms with van der Waals surface area (Å²) in [6.07, 6.45) is 2.29. The van der Waals surface area contributed by atoms with Crippen LogP contribution in [0.4, 0.5) is 5.69 Å². The summed E-state index contributed by atoms with van der Waals surface area (Å²) in [6.45, 7) is 7.30. The van der Waals surface area contributed by atoms with Crippen molar-refractivity contribution in [3.63, 3.8) is 0 Å². The predicted octanol–water partition coefficient (Wildman–Crippen LogP) is 3.78. The largest absolute Gasteiger partial charge is 0.370 e. The number of nitrogens with one attached hydrogen (secondary N) is 1. The third-order valence-corrected chi connectivity index (χ3v) is 2.55. The van der Waals surface area contributed by atoms with Crippen LogP contribution in [0.25, 0.3) is 0 Å². The Bertz CT molecular complexity index is 358. The molecule has 0 aliphatic carbocycles. The number of anilines is 1. The van der Waals surface area contributed by atoms with E-state index in [1.54, 1.807) is 0 Å². The molecule has 1 rings (SSSR count). The molecule has 4 heteroatoms. The third kappa shape index (κ3) is 7.53. The van der Waals surface area contributed by atoms with E-state index in [0.717, 1.165) is 24.6 Å². The Morgan fingerprint density at radius 3 is 2.44 bits per heavy atom. The summed E-state index contributed by atoms with van der Waals surface area (Å²) in [5, 5.41) is 3.08. The summed E-state index contributed by atoms with van der Waals surface area (Å²) in [6, 6.07) is 8.11. The Labute approximate surface area is 127 Å². The molecule has 0 amide bonds. The highest BCUT2D eigenvalue weighted by molar-refractivity contribution is 14.0. The van der Waals surface area contributed by atoms with Crippen molar-refractivity contribution in [3.8, 4) is 0 Å². The van der Waals surface area contributed by atoms with E-state index >= 15 is 0 Å². The molecular weight excluding hydrogens is 337 g/mol. The Kier molecular flexibility index (Phi) is 8.79. The molecule has 0 aliphatic rings. The molecule has 0 bridgehead atoms. The van der Waals surface area contributed by atoms with Gasteiger partial charge in [-0.05, 0) is 37.8 Å². The van der Waals surface area contributed by atoms with Crippen LogP contribution in [-0.2, 0) is 0 Å². The number of guanidine groups is 1. The lowest BCUT2D eigenvalue weighted by Crippen LogP contribution is -2.22. The first-order valence-electron chi connectivity index (χ1n) is 6.21. The molecular formula is C14H24IN3. The SMILES string of the molecule is Cc1ccc(NC(N)=NCCCC(C)C)cc1.I. The quantitative estimate of drug-likeness (QED) is 0.363. The third-order valence-electron chi connectivity index (χ3n) is 2.55. The lowest BCUT2D eigenvalue weighted by molar-refractivity contribution is 0.561. The lowest BCUT2D eigenvalue weighted by Gasteiger charge is -2.06. The van der Waals surface area contributed by atoms with Gasteiger partial charge in [-0.25, -0.2) is 0 Å². The number of rotatable bonds is 5. The smallest absolute Gasteiger partial charge is 0.193 e. The highest BCUT2D eigenvalue weighted by Crippen LogP contribution is 2.08. The summed E-state index contributed by atoms with van der Waals surface area (Å²) in [5.74, 6) is 1.23. The number of benzene rings is 1. The zero-order chi connectivity index (χ0) is 12.7. The van der Waals surface area contributed by atoms with Crippen molar-refractivity contribution in [1.82, 2.24) is 0 Å². The molecule has 0 fully saturated rings. The number of nitrogens with zero attached hydrogens (tertiary/aromatic N) is 1. The van der Waals surface area contributed by atoms with Gasteiger partial charge >= 0.3 is 0 Å². The van der Waals surface area contributed by atoms with E-state index in [-0.39, 0.29) is 24.0 Å². The van der Waals surface area contributed by atoms with Crippen LogP contribution in [0.1, 0.15) is 32.3 Å². The molecule has 0 aromatic heterocycles. The van der Waals surface area contributed by atoms with E-state index in [0.29, 0.717) is 5.96 Å². The minimum Gasteiger partial charge on any atom is -0.370 e. The molecule has 3 nitrogen and oxygen atoms in total. The van der Waals surface area contributed by atoms with Crippen LogP contribution in [0.5, 0.6) is 0 Å². The Hall–Kier alpha value is -0.780. The molecule has 0 atom stereocenters. The fraction of sp³-hybridized carbons (Fsp3) is 0.500. The molecule has 0 unspecified atom stereocenters. The van der Waals surface area contributed by atoms with Gasteiger partial charge in [-0.15, -0.1) is 24.0 Å². The molecule has 1 aromatic rings. The second kappa shape index (κ2) is 9.19. The number of aliphatic imine (C=N–C) groups is 1. The van der Waals surface area contributed by atoms with Gasteiger partial charge in [0.1, 0.15) is 0 Å². The number of aryl methyl sites for hydroxylation is 1. The molecule has 0 radical (unpaired) electrons. The summed E-state index contributed by atoms with van der Waals surface area (Å²) >= 11 is 0. The van der Waals surface area contributed by atoms with Gasteiger partial charge in [-0.3, -0.25) is 4.99 Å². The maximum Gasteiger partial charge on any atom is 0.193 e. The second-order valence-corrected chi connectivity index (χ2v) is 4.79. The summed E-state index contributed by atoms with van der Waals surface area (Å²) in [7, 11) is 0. The minimum absolute atomic E-state index is 0. The molecule has 0 saturated heterocycles. The zero-order valence-corrected chi connectivity index (χ0v) is 13.8. The molecule has 1 aromatic carbocycles. The van der Waals surface area contributed by atoms with Crippen molar-refractivity contribution in [1.29, 1.82) is 0 Å². The topological polar surface area (TPSA) is 50.4 Å². The van der Waals surface area contributed by atoms with Gasteiger partial charge in [-0.2, -0.15) is 0 Å². The van der Waals surface area contributed by atoms with E-state index in [1.165, 1.54) is 12.0 Å². The monoisotopic (exact) mass is 361 g/mol. The van der Waals surface area contributed by atoms with Gasteiger partial charge < -0.3 is 11.1 Å². The maximum atomic E-state index is 5.80. The fourth-order valence-corrected chi connectivity index (χ4v) is 1.52. The van der Waals surface area contributed by atoms with Crippen LogP contribution in [0.15, 0.2) is 29.3 Å². The van der Waals surface area contributed by atoms with Crippen LogP contribution < -0.4 is 11.1 Å². The van der Waals surface area contributed by atoms with Crippen molar-refractivity contribution in [2.45, 2.75) is 33.6 Å². The highest BCUT2D eigenvalue weighted by Gasteiger charge is 1.95. The first-order valence-corrected chi connectivity index (χ1v) is 6.21. The average Bonchev–Trinajstić information content (AvgIpc) is 2.27. The van der Waals surface area contributed by atoms with Gasteiger partial charge in [0.05, 0.1) is 0 Å². The fourth-order valence-electron chi connectivity index (χ4n) is 1.52. The summed E-state index contributed by atoms with van der Waals surface area (Å²) in [5.41, 5.74) is 8.03. The number of halogens is 1. The van der Waals surface area contributed by atoms with E-state index < -0.39 is 0 Å². The van der Waals surface area contributed by atoms with Gasteiger partial charge in [0, 0.05) is 12.2 Å². The predicted molar refractivity (Wildman–Crippen MR) is 90.8 cm³/mol. The van der Waals surface area contributed by atoms with Crippen LogP contribution in [-0.4, -0.2) is 12.5 Å². The molecule has 18 heavy (non-hydrogen) atoms. The molecule has 0 spiro atoms. The molecule has 102 valence electrons. The number of hydrogen-bond acceptors (Lipinski definition) is 1. The Morgan fingerprint density at radius 2 is 1.89 bits per heavy atom. The van der Waals surface area contributed by atoms with Gasteiger partial charge in [-0.1, -0.05) is 31.5 Å². The molecule has 0 saturated carbocycles. The Morgan fingerprint density at radius 1 is 1.28 bits per heavy atom. The highest BCUT2D eigenvalue weighted by atomic mass is 127. The first kappa shape index (κ1) is 17.2. The van der Waals surface area contributed by atoms with Crippen LogP contribution in [0.3, 0.4) is 0 Å². The van der Waals surface area contributed by atoms with Crippen LogP contribution in [0.2, 0.25) is 0 Å². The average molecular weight is 361 g/mol. The normalized spacial score (nSPS) is 11.2. The van der Waals surface area contributed by atoms with Crippen LogP contribution >= 0.6 is 24.0 Å². The van der Waals surface area contributed by atoms with E-state index in [2.05, 4.69) is 31.1 Å².